The molecule has 1 aromatic carbocycles. The normalized spacial score (nSPS) is 15.0. The molecule has 1 aromatic heterocycles. The predicted molar refractivity (Wildman–Crippen MR) is 99.5 cm³/mol. The van der Waals surface area contributed by atoms with Crippen molar-refractivity contribution < 1.29 is 4.79 Å². The molecule has 0 aliphatic carbocycles. The van der Waals surface area contributed by atoms with Crippen molar-refractivity contribution in [2.45, 2.75) is 32.6 Å². The van der Waals surface area contributed by atoms with E-state index in [0.29, 0.717) is 11.6 Å². The topological polar surface area (TPSA) is 58.1 Å². The van der Waals surface area contributed by atoms with E-state index in [1.165, 1.54) is 12.8 Å². The van der Waals surface area contributed by atoms with Gasteiger partial charge in [-0.05, 0) is 44.0 Å². The smallest absolute Gasteiger partial charge is 0.274 e. The van der Waals surface area contributed by atoms with Gasteiger partial charge in [0.25, 0.3) is 5.91 Å². The molecule has 3 rings (SSSR count). The molecule has 0 bridgehead atoms. The summed E-state index contributed by atoms with van der Waals surface area (Å²) in [6.07, 6.45) is 4.80. The van der Waals surface area contributed by atoms with E-state index < -0.39 is 0 Å². The van der Waals surface area contributed by atoms with Crippen LogP contribution < -0.4 is 10.2 Å². The highest BCUT2D eigenvalue weighted by molar-refractivity contribution is 9.10. The number of hydrogen-bond acceptors (Lipinski definition) is 4. The third-order valence-electron chi connectivity index (χ3n) is 4.05. The van der Waals surface area contributed by atoms with Crippen molar-refractivity contribution in [3.05, 3.63) is 46.2 Å². The number of aryl methyl sites for hydroxylation is 1. The molecule has 1 N–H and O–H groups in total. The first-order valence-corrected chi connectivity index (χ1v) is 9.09. The van der Waals surface area contributed by atoms with Crippen molar-refractivity contribution in [1.29, 1.82) is 0 Å². The van der Waals surface area contributed by atoms with E-state index in [4.69, 9.17) is 0 Å². The van der Waals surface area contributed by atoms with Crippen LogP contribution in [0.15, 0.2) is 34.8 Å². The Kier molecular flexibility index (Phi) is 5.45. The average molecular weight is 389 g/mol. The van der Waals surface area contributed by atoms with E-state index >= 15 is 0 Å². The van der Waals surface area contributed by atoms with Crippen molar-refractivity contribution >= 4 is 33.5 Å². The van der Waals surface area contributed by atoms with Gasteiger partial charge < -0.3 is 10.2 Å². The zero-order valence-corrected chi connectivity index (χ0v) is 15.3. The van der Waals surface area contributed by atoms with Gasteiger partial charge >= 0.3 is 0 Å². The maximum Gasteiger partial charge on any atom is 0.274 e. The zero-order chi connectivity index (χ0) is 16.9. The van der Waals surface area contributed by atoms with Crippen LogP contribution in [-0.4, -0.2) is 29.0 Å². The second-order valence-electron chi connectivity index (χ2n) is 6.06. The number of hydrogen-bond donors (Lipinski definition) is 1. The SMILES string of the molecule is Cc1cc(C(=O)Nc2cccc(Br)c2)nc(N2CCCCCC2)n1. The second-order valence-corrected chi connectivity index (χ2v) is 6.98. The molecule has 0 saturated carbocycles. The van der Waals surface area contributed by atoms with Crippen LogP contribution in [0.4, 0.5) is 11.6 Å². The monoisotopic (exact) mass is 388 g/mol. The summed E-state index contributed by atoms with van der Waals surface area (Å²) in [6.45, 7) is 3.81. The number of aromatic nitrogens is 2. The summed E-state index contributed by atoms with van der Waals surface area (Å²) in [5.74, 6) is 0.450. The molecule has 5 nitrogen and oxygen atoms in total. The number of halogens is 1. The van der Waals surface area contributed by atoms with E-state index in [-0.39, 0.29) is 5.91 Å². The summed E-state index contributed by atoms with van der Waals surface area (Å²) < 4.78 is 0.921. The molecule has 0 radical (unpaired) electrons. The van der Waals surface area contributed by atoms with Gasteiger partial charge in [-0.2, -0.15) is 0 Å². The Balaban J connectivity index is 1.81. The van der Waals surface area contributed by atoms with Crippen LogP contribution in [0.2, 0.25) is 0 Å². The molecule has 1 amide bonds. The average Bonchev–Trinajstić information content (AvgIpc) is 2.83. The van der Waals surface area contributed by atoms with Gasteiger partial charge in [0.1, 0.15) is 5.69 Å². The van der Waals surface area contributed by atoms with Crippen LogP contribution in [0.5, 0.6) is 0 Å². The number of rotatable bonds is 3. The maximum absolute atomic E-state index is 12.5. The quantitative estimate of drug-likeness (QED) is 0.856. The highest BCUT2D eigenvalue weighted by Crippen LogP contribution is 2.19. The number of benzene rings is 1. The molecule has 1 aliphatic rings. The Hall–Kier alpha value is -1.95. The number of carbonyl (C=O) groups is 1. The van der Waals surface area contributed by atoms with Crippen molar-refractivity contribution in [3.8, 4) is 0 Å². The Morgan fingerprint density at radius 3 is 2.58 bits per heavy atom. The molecule has 1 fully saturated rings. The summed E-state index contributed by atoms with van der Waals surface area (Å²) in [5.41, 5.74) is 1.95. The first-order valence-electron chi connectivity index (χ1n) is 8.29. The molecule has 2 heterocycles. The third kappa shape index (κ3) is 4.32. The van der Waals surface area contributed by atoms with Gasteiger partial charge in [0, 0.05) is 28.9 Å². The largest absolute Gasteiger partial charge is 0.341 e. The number of anilines is 2. The molecule has 126 valence electrons. The molecule has 0 unspecified atom stereocenters. The van der Waals surface area contributed by atoms with Crippen LogP contribution in [-0.2, 0) is 0 Å². The van der Waals surface area contributed by atoms with Gasteiger partial charge in [-0.1, -0.05) is 34.8 Å². The lowest BCUT2D eigenvalue weighted by molar-refractivity contribution is 0.102. The Labute approximate surface area is 150 Å². The van der Waals surface area contributed by atoms with Gasteiger partial charge in [0.2, 0.25) is 5.95 Å². The van der Waals surface area contributed by atoms with Gasteiger partial charge in [0.15, 0.2) is 0 Å². The Morgan fingerprint density at radius 2 is 1.88 bits per heavy atom. The molecule has 1 aliphatic heterocycles. The standard InChI is InChI=1S/C18H21BrN4O/c1-13-11-16(17(24)21-15-8-6-7-14(19)12-15)22-18(20-13)23-9-4-2-3-5-10-23/h6-8,11-12H,2-5,9-10H2,1H3,(H,21,24). The number of carbonyl (C=O) groups excluding carboxylic acids is 1. The van der Waals surface area contributed by atoms with E-state index in [1.54, 1.807) is 6.07 Å². The minimum Gasteiger partial charge on any atom is -0.341 e. The highest BCUT2D eigenvalue weighted by atomic mass is 79.9. The first-order chi connectivity index (χ1) is 11.6. The van der Waals surface area contributed by atoms with Gasteiger partial charge in [0.05, 0.1) is 0 Å². The van der Waals surface area contributed by atoms with E-state index in [9.17, 15) is 4.79 Å². The van der Waals surface area contributed by atoms with Crippen LogP contribution in [0.1, 0.15) is 41.9 Å². The first kappa shape index (κ1) is 16.9. The summed E-state index contributed by atoms with van der Waals surface area (Å²) >= 11 is 3.41. The Bertz CT molecular complexity index is 727. The lowest BCUT2D eigenvalue weighted by Crippen LogP contribution is -2.27. The van der Waals surface area contributed by atoms with E-state index in [0.717, 1.165) is 41.8 Å². The minimum absolute atomic E-state index is 0.213. The number of nitrogens with one attached hydrogen (secondary N) is 1. The molecule has 24 heavy (non-hydrogen) atoms. The lowest BCUT2D eigenvalue weighted by atomic mass is 10.2. The molecule has 0 spiro atoms. The summed E-state index contributed by atoms with van der Waals surface area (Å²) in [6, 6.07) is 9.25. The fraction of sp³-hybridized carbons (Fsp3) is 0.389. The van der Waals surface area contributed by atoms with E-state index in [2.05, 4.69) is 36.1 Å². The fourth-order valence-corrected chi connectivity index (χ4v) is 3.24. The lowest BCUT2D eigenvalue weighted by Gasteiger charge is -2.21. The molecule has 2 aromatic rings. The van der Waals surface area contributed by atoms with Gasteiger partial charge in [-0.25, -0.2) is 9.97 Å². The molecular formula is C18H21BrN4O. The van der Waals surface area contributed by atoms with E-state index in [1.807, 2.05) is 31.2 Å². The van der Waals surface area contributed by atoms with Crippen LogP contribution in [0, 0.1) is 6.92 Å². The van der Waals surface area contributed by atoms with Gasteiger partial charge in [-0.15, -0.1) is 0 Å². The van der Waals surface area contributed by atoms with Crippen LogP contribution in [0.3, 0.4) is 0 Å². The van der Waals surface area contributed by atoms with Crippen molar-refractivity contribution in [2.24, 2.45) is 0 Å². The van der Waals surface area contributed by atoms with Gasteiger partial charge in [-0.3, -0.25) is 4.79 Å². The van der Waals surface area contributed by atoms with Crippen molar-refractivity contribution in [1.82, 2.24) is 9.97 Å². The third-order valence-corrected chi connectivity index (χ3v) is 4.54. The van der Waals surface area contributed by atoms with Crippen LogP contribution >= 0.6 is 15.9 Å². The number of amides is 1. The summed E-state index contributed by atoms with van der Waals surface area (Å²) in [5, 5.41) is 2.89. The van der Waals surface area contributed by atoms with Crippen molar-refractivity contribution in [3.63, 3.8) is 0 Å². The van der Waals surface area contributed by atoms with Crippen molar-refractivity contribution in [2.75, 3.05) is 23.3 Å². The molecule has 0 atom stereocenters. The molecule has 6 heteroatoms. The maximum atomic E-state index is 12.5. The second kappa shape index (κ2) is 7.75. The fourth-order valence-electron chi connectivity index (χ4n) is 2.84. The minimum atomic E-state index is -0.213. The summed E-state index contributed by atoms with van der Waals surface area (Å²) in [4.78, 5) is 23.8. The summed E-state index contributed by atoms with van der Waals surface area (Å²) in [7, 11) is 0. The zero-order valence-electron chi connectivity index (χ0n) is 13.8. The molecule has 1 saturated heterocycles. The predicted octanol–water partition coefficient (Wildman–Crippen LogP) is 4.18. The Morgan fingerprint density at radius 1 is 1.12 bits per heavy atom. The van der Waals surface area contributed by atoms with Crippen LogP contribution in [0.25, 0.3) is 0 Å². The molecular weight excluding hydrogens is 368 g/mol. The number of nitrogens with zero attached hydrogens (tertiary/aromatic N) is 3. The highest BCUT2D eigenvalue weighted by Gasteiger charge is 2.16.